The highest BCUT2D eigenvalue weighted by Crippen LogP contribution is 2.34. The molecule has 0 saturated heterocycles. The fourth-order valence-electron chi connectivity index (χ4n) is 1.74. The number of nitrogens with one attached hydrogen (secondary N) is 1. The first kappa shape index (κ1) is 7.99. The average Bonchev–Trinajstić information content (AvgIpc) is 1.89. The molecule has 0 unspecified atom stereocenters. The highest BCUT2D eigenvalue weighted by Gasteiger charge is 2.25. The van der Waals surface area contributed by atoms with Crippen LogP contribution in [0.2, 0.25) is 0 Å². The van der Waals surface area contributed by atoms with Gasteiger partial charge >= 0.3 is 0 Å². The third-order valence-electron chi connectivity index (χ3n) is 2.55. The molecular formula is C8H16FN. The average molecular weight is 145 g/mol. The fraction of sp³-hybridized carbons (Fsp3) is 1.00. The number of hydrogen-bond donors (Lipinski definition) is 1. The van der Waals surface area contributed by atoms with Crippen molar-refractivity contribution in [2.45, 2.75) is 39.0 Å². The van der Waals surface area contributed by atoms with Gasteiger partial charge in [-0.1, -0.05) is 26.2 Å². The van der Waals surface area contributed by atoms with E-state index in [1.54, 1.807) is 5.54 Å². The second-order valence-electron chi connectivity index (χ2n) is 3.68. The second kappa shape index (κ2) is 3.33. The lowest BCUT2D eigenvalue weighted by molar-refractivity contribution is 0.162. The van der Waals surface area contributed by atoms with Gasteiger partial charge in [-0.3, -0.25) is 0 Å². The van der Waals surface area contributed by atoms with Crippen molar-refractivity contribution in [3.8, 4) is 0 Å². The van der Waals surface area contributed by atoms with E-state index in [1.807, 2.05) is 0 Å². The van der Waals surface area contributed by atoms with Crippen LogP contribution in [0.5, 0.6) is 0 Å². The number of halogens is 1. The predicted molar refractivity (Wildman–Crippen MR) is 40.3 cm³/mol. The molecular weight excluding hydrogens is 129 g/mol. The van der Waals surface area contributed by atoms with Crippen LogP contribution in [0, 0.1) is 5.41 Å². The normalized spacial score (nSPS) is 24.6. The van der Waals surface area contributed by atoms with Gasteiger partial charge in [0, 0.05) is 6.54 Å². The first-order valence-electron chi connectivity index (χ1n) is 4.10. The zero-order valence-electron chi connectivity index (χ0n) is 6.62. The summed E-state index contributed by atoms with van der Waals surface area (Å²) in [5, 5.41) is 0. The third kappa shape index (κ3) is 1.94. The van der Waals surface area contributed by atoms with Crippen LogP contribution in [0.1, 0.15) is 39.0 Å². The van der Waals surface area contributed by atoms with E-state index in [0.717, 1.165) is 0 Å². The highest BCUT2D eigenvalue weighted by molar-refractivity contribution is 4.78. The van der Waals surface area contributed by atoms with Crippen molar-refractivity contribution in [3.05, 3.63) is 0 Å². The molecule has 1 saturated carbocycles. The van der Waals surface area contributed by atoms with Crippen molar-refractivity contribution in [2.24, 2.45) is 5.41 Å². The Bertz CT molecular complexity index is 91.9. The summed E-state index contributed by atoms with van der Waals surface area (Å²) in [5.41, 5.74) is 2.02. The molecule has 0 heterocycles. The van der Waals surface area contributed by atoms with Gasteiger partial charge in [-0.2, -0.15) is 5.54 Å². The molecule has 0 atom stereocenters. The lowest BCUT2D eigenvalue weighted by Gasteiger charge is -2.32. The van der Waals surface area contributed by atoms with Gasteiger partial charge in [0.1, 0.15) is 0 Å². The molecule has 0 amide bonds. The Hall–Kier alpha value is -0.110. The van der Waals surface area contributed by atoms with E-state index in [2.05, 4.69) is 6.92 Å². The Morgan fingerprint density at radius 2 is 1.90 bits per heavy atom. The molecule has 0 aliphatic heterocycles. The maximum absolute atomic E-state index is 11.8. The van der Waals surface area contributed by atoms with E-state index in [-0.39, 0.29) is 5.41 Å². The van der Waals surface area contributed by atoms with E-state index in [1.165, 1.54) is 32.1 Å². The molecule has 0 radical (unpaired) electrons. The summed E-state index contributed by atoms with van der Waals surface area (Å²) in [5.74, 6) is 0. The maximum atomic E-state index is 11.8. The Morgan fingerprint density at radius 1 is 1.30 bits per heavy atom. The third-order valence-corrected chi connectivity index (χ3v) is 2.55. The van der Waals surface area contributed by atoms with Crippen molar-refractivity contribution in [1.82, 2.24) is 5.54 Å². The second-order valence-corrected chi connectivity index (χ2v) is 3.68. The molecule has 1 N–H and O–H groups in total. The van der Waals surface area contributed by atoms with Crippen molar-refractivity contribution >= 4 is 0 Å². The topological polar surface area (TPSA) is 12.0 Å². The van der Waals surface area contributed by atoms with E-state index >= 15 is 0 Å². The minimum atomic E-state index is 0.243. The molecule has 0 aromatic carbocycles. The van der Waals surface area contributed by atoms with Crippen LogP contribution < -0.4 is 5.54 Å². The van der Waals surface area contributed by atoms with Crippen LogP contribution >= 0.6 is 0 Å². The standard InChI is InChI=1S/C8H16FN/c1-8(7-10-9)5-3-2-4-6-8/h10H,2-7H2,1H3. The quantitative estimate of drug-likeness (QED) is 0.588. The number of rotatable bonds is 2. The molecule has 1 nitrogen and oxygen atoms in total. The summed E-state index contributed by atoms with van der Waals surface area (Å²) in [6.07, 6.45) is 6.26. The van der Waals surface area contributed by atoms with Gasteiger partial charge in [0.2, 0.25) is 0 Å². The van der Waals surface area contributed by atoms with Gasteiger partial charge in [0.15, 0.2) is 0 Å². The summed E-state index contributed by atoms with van der Waals surface area (Å²) in [6.45, 7) is 2.70. The molecule has 1 aliphatic rings. The molecule has 1 aliphatic carbocycles. The van der Waals surface area contributed by atoms with Crippen LogP contribution in [0.4, 0.5) is 4.48 Å². The van der Waals surface area contributed by atoms with Crippen LogP contribution in [0.15, 0.2) is 0 Å². The van der Waals surface area contributed by atoms with Crippen LogP contribution in [0.3, 0.4) is 0 Å². The van der Waals surface area contributed by atoms with Crippen molar-refractivity contribution in [1.29, 1.82) is 0 Å². The molecule has 2 heteroatoms. The van der Waals surface area contributed by atoms with Gasteiger partial charge < -0.3 is 0 Å². The van der Waals surface area contributed by atoms with E-state index in [4.69, 9.17) is 0 Å². The van der Waals surface area contributed by atoms with Crippen LogP contribution in [-0.2, 0) is 0 Å². The molecule has 1 fully saturated rings. The first-order valence-corrected chi connectivity index (χ1v) is 4.10. The Morgan fingerprint density at radius 3 is 2.40 bits per heavy atom. The minimum absolute atomic E-state index is 0.243. The lowest BCUT2D eigenvalue weighted by atomic mass is 9.76. The minimum Gasteiger partial charge on any atom is -0.159 e. The van der Waals surface area contributed by atoms with E-state index < -0.39 is 0 Å². The molecule has 10 heavy (non-hydrogen) atoms. The van der Waals surface area contributed by atoms with Gasteiger partial charge in [-0.05, 0) is 18.3 Å². The summed E-state index contributed by atoms with van der Waals surface area (Å²) >= 11 is 0. The zero-order valence-corrected chi connectivity index (χ0v) is 6.62. The summed E-state index contributed by atoms with van der Waals surface area (Å²) < 4.78 is 11.8. The number of hydrogen-bond acceptors (Lipinski definition) is 1. The molecule has 0 aromatic rings. The lowest BCUT2D eigenvalue weighted by Crippen LogP contribution is -2.29. The maximum Gasteiger partial charge on any atom is 0.0313 e. The van der Waals surface area contributed by atoms with Gasteiger partial charge in [0.05, 0.1) is 0 Å². The van der Waals surface area contributed by atoms with Gasteiger partial charge in [-0.25, -0.2) is 0 Å². The predicted octanol–water partition coefficient (Wildman–Crippen LogP) is 2.43. The summed E-state index contributed by atoms with van der Waals surface area (Å²) in [4.78, 5) is 0. The van der Waals surface area contributed by atoms with Crippen molar-refractivity contribution in [2.75, 3.05) is 6.54 Å². The Labute approximate surface area is 61.9 Å². The Balaban J connectivity index is 2.32. The monoisotopic (exact) mass is 145 g/mol. The summed E-state index contributed by atoms with van der Waals surface area (Å²) in [7, 11) is 0. The van der Waals surface area contributed by atoms with Crippen molar-refractivity contribution in [3.63, 3.8) is 0 Å². The zero-order chi connectivity index (χ0) is 7.45. The smallest absolute Gasteiger partial charge is 0.0313 e. The summed E-state index contributed by atoms with van der Waals surface area (Å²) in [6, 6.07) is 0. The van der Waals surface area contributed by atoms with Gasteiger partial charge in [0.25, 0.3) is 0 Å². The molecule has 0 aromatic heterocycles. The molecule has 1 rings (SSSR count). The Kier molecular flexibility index (Phi) is 2.66. The SMILES string of the molecule is CC1(CNF)CCCCC1. The molecule has 0 spiro atoms. The fourth-order valence-corrected chi connectivity index (χ4v) is 1.74. The van der Waals surface area contributed by atoms with Crippen LogP contribution in [-0.4, -0.2) is 6.54 Å². The molecule has 60 valence electrons. The molecule has 0 bridgehead atoms. The first-order chi connectivity index (χ1) is 4.77. The highest BCUT2D eigenvalue weighted by atomic mass is 19.2. The van der Waals surface area contributed by atoms with E-state index in [9.17, 15) is 4.48 Å². The van der Waals surface area contributed by atoms with Crippen LogP contribution in [0.25, 0.3) is 0 Å². The van der Waals surface area contributed by atoms with E-state index in [0.29, 0.717) is 6.54 Å². The van der Waals surface area contributed by atoms with Crippen molar-refractivity contribution < 1.29 is 4.48 Å². The largest absolute Gasteiger partial charge is 0.159 e. The van der Waals surface area contributed by atoms with Gasteiger partial charge in [-0.15, -0.1) is 4.48 Å².